The van der Waals surface area contributed by atoms with Crippen LogP contribution in [0.5, 0.6) is 5.75 Å². The Bertz CT molecular complexity index is 836. The molecular formula is C20H24BrFO8S. The number of ether oxygens (including phenoxy) is 5. The first-order chi connectivity index (χ1) is 14.6. The number of esters is 3. The Balaban J connectivity index is 2.65. The molecule has 0 spiro atoms. The molecule has 0 aliphatic carbocycles. The fourth-order valence-corrected chi connectivity index (χ4v) is 4.47. The Hall–Kier alpha value is -1.85. The molecule has 0 saturated carbocycles. The van der Waals surface area contributed by atoms with Crippen LogP contribution in [0.25, 0.3) is 0 Å². The molecule has 0 N–H and O–H groups in total. The predicted molar refractivity (Wildman–Crippen MR) is 113 cm³/mol. The Morgan fingerprint density at radius 3 is 2.06 bits per heavy atom. The summed E-state index contributed by atoms with van der Waals surface area (Å²) in [6.45, 7) is 3.59. The van der Waals surface area contributed by atoms with Gasteiger partial charge in [0.05, 0.1) is 7.11 Å². The normalized spacial score (nSPS) is 25.5. The summed E-state index contributed by atoms with van der Waals surface area (Å²) in [6.07, 6.45) is -2.66. The number of hydrogen-bond donors (Lipinski definition) is 0. The molecular weight excluding hydrogens is 499 g/mol. The van der Waals surface area contributed by atoms with Gasteiger partial charge in [0.2, 0.25) is 0 Å². The van der Waals surface area contributed by atoms with E-state index in [1.807, 2.05) is 0 Å². The zero-order chi connectivity index (χ0) is 23.3. The van der Waals surface area contributed by atoms with Gasteiger partial charge >= 0.3 is 17.9 Å². The SMILES string of the molecule is COc1cc(F)c(CBr)cc1[C@@H]1O[C@H](SC)[C@@H](OC(C)=O)[C@H](OC(C)=O)[C@H]1OC(C)=O. The second kappa shape index (κ2) is 11.1. The van der Waals surface area contributed by atoms with Gasteiger partial charge in [-0.3, -0.25) is 14.4 Å². The average Bonchev–Trinajstić information content (AvgIpc) is 2.69. The van der Waals surface area contributed by atoms with Gasteiger partial charge < -0.3 is 23.7 Å². The monoisotopic (exact) mass is 522 g/mol. The largest absolute Gasteiger partial charge is 0.496 e. The van der Waals surface area contributed by atoms with Gasteiger partial charge in [-0.2, -0.15) is 0 Å². The number of halogens is 2. The maximum atomic E-state index is 14.3. The molecule has 0 unspecified atom stereocenters. The van der Waals surface area contributed by atoms with Crippen molar-refractivity contribution in [3.8, 4) is 5.75 Å². The minimum atomic E-state index is -1.18. The van der Waals surface area contributed by atoms with Crippen molar-refractivity contribution >= 4 is 45.6 Å². The van der Waals surface area contributed by atoms with Crippen LogP contribution < -0.4 is 4.74 Å². The molecule has 1 fully saturated rings. The van der Waals surface area contributed by atoms with Gasteiger partial charge in [-0.1, -0.05) is 15.9 Å². The van der Waals surface area contributed by atoms with Gasteiger partial charge in [-0.25, -0.2) is 4.39 Å². The zero-order valence-corrected chi connectivity index (χ0v) is 20.1. The molecule has 1 aromatic carbocycles. The smallest absolute Gasteiger partial charge is 0.303 e. The maximum absolute atomic E-state index is 14.3. The standard InChI is InChI=1S/C20H24BrFO8S/c1-9(23)27-17-16(13-6-12(8-21)14(22)7-15(13)26-4)30-20(31-5)19(29-11(3)25)18(17)28-10(2)24/h6-7,16-20H,8H2,1-5H3/t16-,17-,18+,19-,20+/m0/s1. The van der Waals surface area contributed by atoms with E-state index in [4.69, 9.17) is 23.7 Å². The lowest BCUT2D eigenvalue weighted by Crippen LogP contribution is -2.57. The van der Waals surface area contributed by atoms with E-state index in [-0.39, 0.29) is 11.1 Å². The molecule has 0 aromatic heterocycles. The van der Waals surface area contributed by atoms with Crippen LogP contribution in [0.3, 0.4) is 0 Å². The molecule has 5 atom stereocenters. The van der Waals surface area contributed by atoms with E-state index in [9.17, 15) is 18.8 Å². The van der Waals surface area contributed by atoms with E-state index < -0.39 is 53.6 Å². The molecule has 1 aliphatic heterocycles. The molecule has 1 heterocycles. The van der Waals surface area contributed by atoms with Crippen LogP contribution in [0.4, 0.5) is 4.39 Å². The first-order valence-electron chi connectivity index (χ1n) is 9.25. The number of alkyl halides is 1. The zero-order valence-electron chi connectivity index (χ0n) is 17.7. The topological polar surface area (TPSA) is 97.4 Å². The van der Waals surface area contributed by atoms with Crippen LogP contribution in [-0.4, -0.2) is 55.0 Å². The van der Waals surface area contributed by atoms with Crippen LogP contribution >= 0.6 is 27.7 Å². The Morgan fingerprint density at radius 1 is 1.03 bits per heavy atom. The Labute approximate surface area is 192 Å². The summed E-state index contributed by atoms with van der Waals surface area (Å²) in [5, 5.41) is 0.218. The lowest BCUT2D eigenvalue weighted by molar-refractivity contribution is -0.233. The van der Waals surface area contributed by atoms with Gasteiger partial charge in [0.15, 0.2) is 18.3 Å². The van der Waals surface area contributed by atoms with E-state index in [2.05, 4.69) is 15.9 Å². The third-order valence-electron chi connectivity index (χ3n) is 4.48. The summed E-state index contributed by atoms with van der Waals surface area (Å²) < 4.78 is 42.1. The minimum Gasteiger partial charge on any atom is -0.496 e. The summed E-state index contributed by atoms with van der Waals surface area (Å²) in [6, 6.07) is 2.73. The van der Waals surface area contributed by atoms with Gasteiger partial charge in [0, 0.05) is 37.7 Å². The van der Waals surface area contributed by atoms with E-state index in [1.165, 1.54) is 51.8 Å². The van der Waals surface area contributed by atoms with Crippen LogP contribution in [0.2, 0.25) is 0 Å². The van der Waals surface area contributed by atoms with Crippen molar-refractivity contribution in [2.24, 2.45) is 0 Å². The van der Waals surface area contributed by atoms with Crippen molar-refractivity contribution in [2.45, 2.75) is 56.0 Å². The number of hydrogen-bond acceptors (Lipinski definition) is 9. The molecule has 8 nitrogen and oxygen atoms in total. The van der Waals surface area contributed by atoms with E-state index in [1.54, 1.807) is 6.26 Å². The highest BCUT2D eigenvalue weighted by atomic mass is 79.9. The van der Waals surface area contributed by atoms with Crippen LogP contribution in [0, 0.1) is 5.82 Å². The van der Waals surface area contributed by atoms with Crippen LogP contribution in [0.1, 0.15) is 38.0 Å². The van der Waals surface area contributed by atoms with Gasteiger partial charge in [0.1, 0.15) is 23.1 Å². The fourth-order valence-electron chi connectivity index (χ4n) is 3.33. The molecule has 1 aliphatic rings. The number of rotatable bonds is 7. The molecule has 1 saturated heterocycles. The summed E-state index contributed by atoms with van der Waals surface area (Å²) in [4.78, 5) is 35.5. The van der Waals surface area contributed by atoms with Crippen molar-refractivity contribution in [3.05, 3.63) is 29.1 Å². The summed E-state index contributed by atoms with van der Waals surface area (Å²) >= 11 is 4.45. The van der Waals surface area contributed by atoms with E-state index in [0.29, 0.717) is 11.1 Å². The van der Waals surface area contributed by atoms with Crippen molar-refractivity contribution in [2.75, 3.05) is 13.4 Å². The van der Waals surface area contributed by atoms with Crippen molar-refractivity contribution < 1.29 is 42.5 Å². The van der Waals surface area contributed by atoms with Gasteiger partial charge in [-0.05, 0) is 17.9 Å². The number of methoxy groups -OCH3 is 1. The highest BCUT2D eigenvalue weighted by Gasteiger charge is 2.52. The number of benzene rings is 1. The number of carbonyl (C=O) groups excluding carboxylic acids is 3. The molecule has 31 heavy (non-hydrogen) atoms. The molecule has 1 aromatic rings. The molecule has 2 rings (SSSR count). The highest BCUT2D eigenvalue weighted by Crippen LogP contribution is 2.43. The number of thioether (sulfide) groups is 1. The van der Waals surface area contributed by atoms with E-state index in [0.717, 1.165) is 0 Å². The Kier molecular flexibility index (Phi) is 9.14. The van der Waals surface area contributed by atoms with Crippen molar-refractivity contribution in [1.29, 1.82) is 0 Å². The number of carbonyl (C=O) groups is 3. The van der Waals surface area contributed by atoms with Crippen LogP contribution in [0.15, 0.2) is 12.1 Å². The summed E-state index contributed by atoms with van der Waals surface area (Å²) in [5.41, 5.74) is -0.0536. The second-order valence-corrected chi connectivity index (χ2v) is 8.20. The van der Waals surface area contributed by atoms with Gasteiger partial charge in [0.25, 0.3) is 0 Å². The lowest BCUT2D eigenvalue weighted by atomic mass is 9.92. The predicted octanol–water partition coefficient (Wildman–Crippen LogP) is 3.28. The minimum absolute atomic E-state index is 0.164. The average molecular weight is 523 g/mol. The summed E-state index contributed by atoms with van der Waals surface area (Å²) in [5.74, 6) is -2.27. The van der Waals surface area contributed by atoms with Crippen LogP contribution in [-0.2, 0) is 38.7 Å². The van der Waals surface area contributed by atoms with E-state index >= 15 is 0 Å². The first kappa shape index (κ1) is 25.4. The first-order valence-corrected chi connectivity index (χ1v) is 11.7. The molecule has 0 bridgehead atoms. The van der Waals surface area contributed by atoms with Gasteiger partial charge in [-0.15, -0.1) is 11.8 Å². The fraction of sp³-hybridized carbons (Fsp3) is 0.550. The quantitative estimate of drug-likeness (QED) is 0.303. The third-order valence-corrected chi connectivity index (χ3v) is 5.93. The molecule has 172 valence electrons. The second-order valence-electron chi connectivity index (χ2n) is 6.70. The third kappa shape index (κ3) is 6.11. The highest BCUT2D eigenvalue weighted by molar-refractivity contribution is 9.08. The molecule has 0 radical (unpaired) electrons. The maximum Gasteiger partial charge on any atom is 0.303 e. The Morgan fingerprint density at radius 2 is 1.58 bits per heavy atom. The van der Waals surface area contributed by atoms with Crippen molar-refractivity contribution in [1.82, 2.24) is 0 Å². The summed E-state index contributed by atoms with van der Waals surface area (Å²) in [7, 11) is 1.37. The molecule has 11 heteroatoms. The van der Waals surface area contributed by atoms with Crippen molar-refractivity contribution in [3.63, 3.8) is 0 Å². The molecule has 0 amide bonds. The lowest BCUT2D eigenvalue weighted by Gasteiger charge is -2.44.